The fraction of sp³-hybridized carbons (Fsp3) is 0. The van der Waals surface area contributed by atoms with E-state index in [2.05, 4.69) is 36.5 Å². The van der Waals surface area contributed by atoms with Crippen molar-refractivity contribution in [3.8, 4) is 22.7 Å². The van der Waals surface area contributed by atoms with Crippen molar-refractivity contribution in [1.82, 2.24) is 15.3 Å². The number of furan rings is 1. The number of fused-ring (bicyclic) bond motifs is 1. The number of carbonyl (C=O) groups is 1. The number of carbonyl (C=O) groups excluding carboxylic acids is 1. The summed E-state index contributed by atoms with van der Waals surface area (Å²) in [4.78, 5) is 20.5. The van der Waals surface area contributed by atoms with Gasteiger partial charge in [-0.25, -0.2) is 4.98 Å². The molecule has 0 unspecified atom stereocenters. The lowest BCUT2D eigenvalue weighted by Crippen LogP contribution is -2.34. The molecule has 0 aliphatic rings. The number of nitrogens with one attached hydrogen (secondary N) is 3. The molecule has 0 aliphatic carbocycles. The Morgan fingerprint density at radius 3 is 2.56 bits per heavy atom. The van der Waals surface area contributed by atoms with Gasteiger partial charge in [-0.1, -0.05) is 51.8 Å². The first kappa shape index (κ1) is 22.3. The van der Waals surface area contributed by atoms with E-state index in [0.29, 0.717) is 22.3 Å². The van der Waals surface area contributed by atoms with E-state index >= 15 is 0 Å². The Hall–Kier alpha value is -3.46. The summed E-state index contributed by atoms with van der Waals surface area (Å²) in [6, 6.07) is 24.1. The lowest BCUT2D eigenvalue weighted by atomic mass is 10.2. The van der Waals surface area contributed by atoms with Gasteiger partial charge in [0.1, 0.15) is 11.6 Å². The van der Waals surface area contributed by atoms with Gasteiger partial charge in [-0.3, -0.25) is 10.1 Å². The van der Waals surface area contributed by atoms with Crippen LogP contribution in [-0.4, -0.2) is 21.0 Å². The van der Waals surface area contributed by atoms with Crippen LogP contribution in [-0.2, 0) is 0 Å². The summed E-state index contributed by atoms with van der Waals surface area (Å²) in [5, 5.41) is 6.15. The van der Waals surface area contributed by atoms with Crippen LogP contribution in [0.5, 0.6) is 0 Å². The van der Waals surface area contributed by atoms with E-state index in [1.807, 2.05) is 60.7 Å². The summed E-state index contributed by atoms with van der Waals surface area (Å²) in [5.74, 6) is 0.958. The molecule has 3 aromatic carbocycles. The van der Waals surface area contributed by atoms with Gasteiger partial charge in [-0.2, -0.15) is 0 Å². The molecule has 5 aromatic rings. The van der Waals surface area contributed by atoms with Crippen LogP contribution < -0.4 is 10.6 Å². The standard InChI is InChI=1S/C25H16BrClN4O2S/c26-16-8-5-14(6-9-16)21-11-12-22(33-21)24(32)31-25(34)30-20-13-15(7-10-17(20)27)23-28-18-3-1-2-4-19(18)29-23/h1-13H,(H,28,29)(H2,30,31,32,34). The van der Waals surface area contributed by atoms with Crippen LogP contribution in [0.1, 0.15) is 10.6 Å². The Labute approximate surface area is 213 Å². The van der Waals surface area contributed by atoms with Gasteiger partial charge < -0.3 is 14.7 Å². The van der Waals surface area contributed by atoms with E-state index in [0.717, 1.165) is 26.6 Å². The van der Waals surface area contributed by atoms with Gasteiger partial charge in [0.2, 0.25) is 0 Å². The van der Waals surface area contributed by atoms with Crippen molar-refractivity contribution in [2.45, 2.75) is 0 Å². The van der Waals surface area contributed by atoms with E-state index in [4.69, 9.17) is 28.2 Å². The second-order valence-corrected chi connectivity index (χ2v) is 9.11. The molecule has 34 heavy (non-hydrogen) atoms. The third-order valence-corrected chi connectivity index (χ3v) is 6.13. The highest BCUT2D eigenvalue weighted by atomic mass is 79.9. The summed E-state index contributed by atoms with van der Waals surface area (Å²) in [5.41, 5.74) is 4.02. The molecule has 0 bridgehead atoms. The van der Waals surface area contributed by atoms with Crippen LogP contribution in [0.15, 0.2) is 87.8 Å². The Balaban J connectivity index is 1.29. The highest BCUT2D eigenvalue weighted by Gasteiger charge is 2.15. The van der Waals surface area contributed by atoms with Crippen molar-refractivity contribution in [2.24, 2.45) is 0 Å². The summed E-state index contributed by atoms with van der Waals surface area (Å²) >= 11 is 15.1. The maximum absolute atomic E-state index is 12.6. The minimum Gasteiger partial charge on any atom is -0.451 e. The van der Waals surface area contributed by atoms with E-state index < -0.39 is 5.91 Å². The summed E-state index contributed by atoms with van der Waals surface area (Å²) in [6.07, 6.45) is 0. The molecule has 168 valence electrons. The first-order valence-corrected chi connectivity index (χ1v) is 11.8. The van der Waals surface area contributed by atoms with Crippen molar-refractivity contribution in [3.63, 3.8) is 0 Å². The first-order chi connectivity index (χ1) is 16.5. The van der Waals surface area contributed by atoms with Gasteiger partial charge in [0.15, 0.2) is 10.9 Å². The number of aromatic nitrogens is 2. The van der Waals surface area contributed by atoms with Crippen molar-refractivity contribution in [2.75, 3.05) is 5.32 Å². The van der Waals surface area contributed by atoms with Gasteiger partial charge >= 0.3 is 0 Å². The normalized spacial score (nSPS) is 10.9. The van der Waals surface area contributed by atoms with E-state index in [-0.39, 0.29) is 10.9 Å². The molecule has 0 aliphatic heterocycles. The Morgan fingerprint density at radius 2 is 1.76 bits per heavy atom. The van der Waals surface area contributed by atoms with Crippen molar-refractivity contribution in [3.05, 3.63) is 94.1 Å². The van der Waals surface area contributed by atoms with Crippen molar-refractivity contribution in [1.29, 1.82) is 0 Å². The van der Waals surface area contributed by atoms with Crippen LogP contribution in [0, 0.1) is 0 Å². The SMILES string of the molecule is O=C(NC(=S)Nc1cc(-c2nc3ccccc3[nH]2)ccc1Cl)c1ccc(-c2ccc(Br)cc2)o1. The zero-order valence-corrected chi connectivity index (χ0v) is 20.6. The topological polar surface area (TPSA) is 83.0 Å². The van der Waals surface area contributed by atoms with Crippen LogP contribution in [0.25, 0.3) is 33.7 Å². The number of aromatic amines is 1. The molecular weight excluding hydrogens is 536 g/mol. The van der Waals surface area contributed by atoms with Gasteiger partial charge in [0.25, 0.3) is 5.91 Å². The van der Waals surface area contributed by atoms with Gasteiger partial charge in [0, 0.05) is 15.6 Å². The number of imidazole rings is 1. The number of benzene rings is 3. The second-order valence-electron chi connectivity index (χ2n) is 7.38. The van der Waals surface area contributed by atoms with Crippen molar-refractivity contribution >= 4 is 67.5 Å². The highest BCUT2D eigenvalue weighted by molar-refractivity contribution is 9.10. The quantitative estimate of drug-likeness (QED) is 0.209. The average Bonchev–Trinajstić information content (AvgIpc) is 3.48. The number of thiocarbonyl (C=S) groups is 1. The summed E-state index contributed by atoms with van der Waals surface area (Å²) in [6.45, 7) is 0. The Kier molecular flexibility index (Phi) is 6.19. The highest BCUT2D eigenvalue weighted by Crippen LogP contribution is 2.29. The predicted molar refractivity (Wildman–Crippen MR) is 142 cm³/mol. The van der Waals surface area contributed by atoms with Gasteiger partial charge in [-0.05, 0) is 66.8 Å². The smallest absolute Gasteiger partial charge is 0.293 e. The summed E-state index contributed by atoms with van der Waals surface area (Å²) < 4.78 is 6.66. The molecule has 2 heterocycles. The largest absolute Gasteiger partial charge is 0.451 e. The Bertz CT molecular complexity index is 1490. The molecule has 0 fully saturated rings. The third kappa shape index (κ3) is 4.75. The van der Waals surface area contributed by atoms with Crippen LogP contribution in [0.3, 0.4) is 0 Å². The fourth-order valence-electron chi connectivity index (χ4n) is 3.41. The number of anilines is 1. The average molecular weight is 552 g/mol. The number of halogens is 2. The maximum atomic E-state index is 12.6. The van der Waals surface area contributed by atoms with Gasteiger partial charge in [-0.15, -0.1) is 0 Å². The minimum absolute atomic E-state index is 0.0928. The van der Waals surface area contributed by atoms with E-state index in [1.165, 1.54) is 0 Å². The molecule has 0 radical (unpaired) electrons. The summed E-state index contributed by atoms with van der Waals surface area (Å²) in [7, 11) is 0. The van der Waals surface area contributed by atoms with Gasteiger partial charge in [0.05, 0.1) is 21.7 Å². The molecule has 6 nitrogen and oxygen atoms in total. The van der Waals surface area contributed by atoms with E-state index in [1.54, 1.807) is 18.2 Å². The molecule has 0 saturated heterocycles. The van der Waals surface area contributed by atoms with Crippen LogP contribution in [0.4, 0.5) is 5.69 Å². The zero-order valence-electron chi connectivity index (χ0n) is 17.4. The molecular formula is C25H16BrClN4O2S. The number of amides is 1. The monoisotopic (exact) mass is 550 g/mol. The predicted octanol–water partition coefficient (Wildman–Crippen LogP) is 7.03. The number of hydrogen-bond acceptors (Lipinski definition) is 4. The number of H-pyrrole nitrogens is 1. The minimum atomic E-state index is -0.467. The van der Waals surface area contributed by atoms with E-state index in [9.17, 15) is 4.79 Å². The number of hydrogen-bond donors (Lipinski definition) is 3. The third-order valence-electron chi connectivity index (χ3n) is 5.06. The number of para-hydroxylation sites is 2. The maximum Gasteiger partial charge on any atom is 0.293 e. The Morgan fingerprint density at radius 1 is 1.00 bits per heavy atom. The lowest BCUT2D eigenvalue weighted by Gasteiger charge is -2.11. The number of nitrogens with zero attached hydrogens (tertiary/aromatic N) is 1. The van der Waals surface area contributed by atoms with Crippen molar-refractivity contribution < 1.29 is 9.21 Å². The van der Waals surface area contributed by atoms with Crippen LogP contribution >= 0.6 is 39.7 Å². The fourth-order valence-corrected chi connectivity index (χ4v) is 4.04. The lowest BCUT2D eigenvalue weighted by molar-refractivity contribution is 0.0951. The molecule has 1 amide bonds. The molecule has 0 spiro atoms. The molecule has 0 saturated carbocycles. The molecule has 5 rings (SSSR count). The molecule has 2 aromatic heterocycles. The zero-order chi connectivity index (χ0) is 23.7. The number of rotatable bonds is 4. The molecule has 3 N–H and O–H groups in total. The molecule has 9 heteroatoms. The second kappa shape index (κ2) is 9.42. The first-order valence-electron chi connectivity index (χ1n) is 10.2. The van der Waals surface area contributed by atoms with Crippen LogP contribution in [0.2, 0.25) is 5.02 Å². The molecule has 0 atom stereocenters.